The van der Waals surface area contributed by atoms with E-state index in [2.05, 4.69) is 5.32 Å². The molecule has 1 amide bonds. The van der Waals surface area contributed by atoms with Gasteiger partial charge in [-0.2, -0.15) is 0 Å². The van der Waals surface area contributed by atoms with E-state index in [0.29, 0.717) is 18.5 Å². The Balaban J connectivity index is 1.84. The molecule has 0 spiro atoms. The van der Waals surface area contributed by atoms with Crippen molar-refractivity contribution in [2.75, 3.05) is 5.32 Å². The Kier molecular flexibility index (Phi) is 9.34. The number of phenols is 1. The number of anilines is 1. The fourth-order valence-corrected chi connectivity index (χ4v) is 6.08. The number of ether oxygens (including phenoxy) is 2. The number of nitrogens with one attached hydrogen (secondary N) is 1. The number of carbonyl (C=O) groups is 3. The van der Waals surface area contributed by atoms with Gasteiger partial charge in [0.2, 0.25) is 0 Å². The number of cyclic esters (lactones) is 1. The summed E-state index contributed by atoms with van der Waals surface area (Å²) in [4.78, 5) is 40.2. The number of Topliss-reactive ketones (excluding diaryl/α,β-unsaturated/α-hetero) is 1. The first-order valence-corrected chi connectivity index (χ1v) is 14.6. The molecule has 2 aromatic rings. The van der Waals surface area contributed by atoms with Gasteiger partial charge in [-0.05, 0) is 92.8 Å². The number of thioether (sulfide) groups is 1. The fourth-order valence-electron chi connectivity index (χ4n) is 4.73. The second-order valence-electron chi connectivity index (χ2n) is 13.0. The van der Waals surface area contributed by atoms with Gasteiger partial charge in [-0.15, -0.1) is 11.8 Å². The first kappa shape index (κ1) is 31.5. The van der Waals surface area contributed by atoms with E-state index in [-0.39, 0.29) is 29.3 Å². The van der Waals surface area contributed by atoms with E-state index < -0.39 is 28.5 Å². The van der Waals surface area contributed by atoms with E-state index in [1.165, 1.54) is 11.8 Å². The number of ketones is 1. The maximum Gasteiger partial charge on any atom is 0.412 e. The highest BCUT2D eigenvalue weighted by atomic mass is 32.2. The Hall–Kier alpha value is -3.00. The standard InChI is InChI=1S/C32H43NO6S/c1-19(2)32(15-14-21-10-12-22(34)13-11-21)18-25(35)27(28(36)38-32)40-26-16-20(3)24(17-23(26)30(4,5)6)33-29(37)39-31(7,8)9/h10-13,16-17,19,27,34H,14-15,18H2,1-9H3,(H,33,37). The normalized spacial score (nSPS) is 19.9. The molecular formula is C32H43NO6S. The van der Waals surface area contributed by atoms with Crippen LogP contribution in [0.1, 0.15) is 84.9 Å². The van der Waals surface area contributed by atoms with Crippen LogP contribution < -0.4 is 5.32 Å². The maximum absolute atomic E-state index is 13.5. The molecular weight excluding hydrogens is 526 g/mol. The molecule has 40 heavy (non-hydrogen) atoms. The van der Waals surface area contributed by atoms with Gasteiger partial charge in [0.25, 0.3) is 0 Å². The molecule has 2 unspecified atom stereocenters. The number of benzene rings is 2. The summed E-state index contributed by atoms with van der Waals surface area (Å²) < 4.78 is 11.5. The van der Waals surface area contributed by atoms with E-state index in [1.807, 2.05) is 65.8 Å². The summed E-state index contributed by atoms with van der Waals surface area (Å²) in [5.41, 5.74) is 1.49. The van der Waals surface area contributed by atoms with Crippen molar-refractivity contribution in [3.05, 3.63) is 53.1 Å². The lowest BCUT2D eigenvalue weighted by Gasteiger charge is -2.41. The molecule has 1 fully saturated rings. The smallest absolute Gasteiger partial charge is 0.412 e. The van der Waals surface area contributed by atoms with Crippen molar-refractivity contribution in [3.63, 3.8) is 0 Å². The summed E-state index contributed by atoms with van der Waals surface area (Å²) >= 11 is 1.22. The number of amides is 1. The van der Waals surface area contributed by atoms with E-state index in [0.717, 1.165) is 21.6 Å². The number of phenolic OH excluding ortho intramolecular Hbond substituents is 1. The molecule has 0 saturated carbocycles. The van der Waals surface area contributed by atoms with Crippen molar-refractivity contribution >= 4 is 35.3 Å². The molecule has 0 aliphatic carbocycles. The minimum absolute atomic E-state index is 0.0472. The highest BCUT2D eigenvalue weighted by Gasteiger charge is 2.49. The van der Waals surface area contributed by atoms with E-state index in [1.54, 1.807) is 32.9 Å². The number of hydrogen-bond donors (Lipinski definition) is 2. The van der Waals surface area contributed by atoms with E-state index in [4.69, 9.17) is 9.47 Å². The second-order valence-corrected chi connectivity index (χ2v) is 14.1. The minimum Gasteiger partial charge on any atom is -0.508 e. The van der Waals surface area contributed by atoms with E-state index >= 15 is 0 Å². The summed E-state index contributed by atoms with van der Waals surface area (Å²) in [6.07, 6.45) is 0.742. The Labute approximate surface area is 242 Å². The first-order valence-electron chi connectivity index (χ1n) is 13.8. The van der Waals surface area contributed by atoms with Gasteiger partial charge in [0.15, 0.2) is 11.0 Å². The van der Waals surface area contributed by atoms with Gasteiger partial charge >= 0.3 is 12.1 Å². The van der Waals surface area contributed by atoms with Crippen LogP contribution in [0.15, 0.2) is 41.3 Å². The van der Waals surface area contributed by atoms with Crippen molar-refractivity contribution in [2.24, 2.45) is 5.92 Å². The quantitative estimate of drug-likeness (QED) is 0.265. The average Bonchev–Trinajstić information content (AvgIpc) is 2.80. The van der Waals surface area contributed by atoms with Crippen molar-refractivity contribution < 1.29 is 29.0 Å². The second kappa shape index (κ2) is 11.9. The Morgan fingerprint density at radius 1 is 1.12 bits per heavy atom. The molecule has 0 aromatic heterocycles. The predicted octanol–water partition coefficient (Wildman–Crippen LogP) is 7.35. The van der Waals surface area contributed by atoms with Gasteiger partial charge in [0.1, 0.15) is 17.0 Å². The molecule has 0 radical (unpaired) electrons. The van der Waals surface area contributed by atoms with Crippen LogP contribution >= 0.6 is 11.8 Å². The number of carbonyl (C=O) groups excluding carboxylic acids is 3. The van der Waals surface area contributed by atoms with Crippen LogP contribution in [0.25, 0.3) is 0 Å². The lowest BCUT2D eigenvalue weighted by Crippen LogP contribution is -2.52. The fraction of sp³-hybridized carbons (Fsp3) is 0.531. The van der Waals surface area contributed by atoms with Crippen LogP contribution in [-0.4, -0.2) is 39.4 Å². The largest absolute Gasteiger partial charge is 0.508 e. The molecule has 1 aliphatic heterocycles. The summed E-state index contributed by atoms with van der Waals surface area (Å²) in [6.45, 7) is 17.4. The van der Waals surface area contributed by atoms with Crippen LogP contribution in [0, 0.1) is 12.8 Å². The van der Waals surface area contributed by atoms with Gasteiger partial charge in [-0.1, -0.05) is 46.8 Å². The Bertz CT molecular complexity index is 1240. The minimum atomic E-state index is -0.967. The number of hydrogen-bond acceptors (Lipinski definition) is 7. The molecule has 218 valence electrons. The molecule has 8 heteroatoms. The van der Waals surface area contributed by atoms with Crippen molar-refractivity contribution in [3.8, 4) is 5.75 Å². The lowest BCUT2D eigenvalue weighted by atomic mass is 9.78. The zero-order valence-electron chi connectivity index (χ0n) is 25.1. The average molecular weight is 570 g/mol. The maximum atomic E-state index is 13.5. The highest BCUT2D eigenvalue weighted by molar-refractivity contribution is 8.01. The summed E-state index contributed by atoms with van der Waals surface area (Å²) in [7, 11) is 0. The van der Waals surface area contributed by atoms with Gasteiger partial charge < -0.3 is 14.6 Å². The summed E-state index contributed by atoms with van der Waals surface area (Å²) in [5, 5.41) is 11.4. The van der Waals surface area contributed by atoms with Crippen LogP contribution in [-0.2, 0) is 30.9 Å². The third-order valence-corrected chi connectivity index (χ3v) is 8.41. The number of aryl methyl sites for hydroxylation is 2. The zero-order chi connectivity index (χ0) is 30.0. The van der Waals surface area contributed by atoms with Crippen LogP contribution in [0.4, 0.5) is 10.5 Å². The monoisotopic (exact) mass is 569 g/mol. The molecule has 1 saturated heterocycles. The molecule has 2 aromatic carbocycles. The van der Waals surface area contributed by atoms with Gasteiger partial charge in [-0.3, -0.25) is 14.9 Å². The van der Waals surface area contributed by atoms with Crippen molar-refractivity contribution in [2.45, 2.75) is 108 Å². The topological polar surface area (TPSA) is 102 Å². The highest BCUT2D eigenvalue weighted by Crippen LogP contribution is 2.43. The van der Waals surface area contributed by atoms with Crippen LogP contribution in [0.5, 0.6) is 5.75 Å². The molecule has 2 atom stereocenters. The zero-order valence-corrected chi connectivity index (χ0v) is 26.0. The van der Waals surface area contributed by atoms with E-state index in [9.17, 15) is 19.5 Å². The number of aromatic hydroxyl groups is 1. The third-order valence-electron chi connectivity index (χ3n) is 7.12. The van der Waals surface area contributed by atoms with Crippen molar-refractivity contribution in [1.29, 1.82) is 0 Å². The molecule has 2 N–H and O–H groups in total. The number of rotatable bonds is 7. The first-order chi connectivity index (χ1) is 18.4. The third kappa shape index (κ3) is 7.80. The van der Waals surface area contributed by atoms with Crippen LogP contribution in [0.2, 0.25) is 0 Å². The molecule has 1 aliphatic rings. The SMILES string of the molecule is Cc1cc(SC2C(=O)CC(CCc3ccc(O)cc3)(C(C)C)OC2=O)c(C(C)(C)C)cc1NC(=O)OC(C)(C)C. The van der Waals surface area contributed by atoms with Crippen molar-refractivity contribution in [1.82, 2.24) is 0 Å². The molecule has 3 rings (SSSR count). The van der Waals surface area contributed by atoms with Gasteiger partial charge in [0, 0.05) is 17.0 Å². The van der Waals surface area contributed by atoms with Gasteiger partial charge in [0.05, 0.1) is 0 Å². The summed E-state index contributed by atoms with van der Waals surface area (Å²) in [6, 6.07) is 10.7. The lowest BCUT2D eigenvalue weighted by molar-refractivity contribution is -0.176. The Morgan fingerprint density at radius 3 is 2.27 bits per heavy atom. The van der Waals surface area contributed by atoms with Crippen LogP contribution in [0.3, 0.4) is 0 Å². The molecule has 1 heterocycles. The molecule has 7 nitrogen and oxygen atoms in total. The Morgan fingerprint density at radius 2 is 1.75 bits per heavy atom. The van der Waals surface area contributed by atoms with Gasteiger partial charge in [-0.25, -0.2) is 4.79 Å². The predicted molar refractivity (Wildman–Crippen MR) is 159 cm³/mol. The number of esters is 1. The summed E-state index contributed by atoms with van der Waals surface area (Å²) in [5.74, 6) is -0.516. The molecule has 0 bridgehead atoms.